The van der Waals surface area contributed by atoms with Crippen LogP contribution in [0.3, 0.4) is 0 Å². The molecule has 20 heavy (non-hydrogen) atoms. The second kappa shape index (κ2) is 7.68. The maximum atomic E-state index is 12.2. The van der Waals surface area contributed by atoms with Crippen LogP contribution in [0.25, 0.3) is 0 Å². The van der Waals surface area contributed by atoms with Gasteiger partial charge in [0.1, 0.15) is 13.1 Å². The molecule has 0 radical (unpaired) electrons. The Labute approximate surface area is 118 Å². The molecule has 3 N–H and O–H groups in total. The molecule has 0 atom stereocenters. The van der Waals surface area contributed by atoms with Crippen molar-refractivity contribution in [3.05, 3.63) is 0 Å². The van der Waals surface area contributed by atoms with Gasteiger partial charge in [-0.15, -0.1) is 0 Å². The van der Waals surface area contributed by atoms with E-state index in [0.717, 1.165) is 31.0 Å². The number of piperazine rings is 1. The highest BCUT2D eigenvalue weighted by molar-refractivity contribution is 5.86. The van der Waals surface area contributed by atoms with Crippen LogP contribution >= 0.6 is 0 Å². The normalized spacial score (nSPS) is 15.9. The number of hydrogen-bond acceptors (Lipinski definition) is 4. The number of primary amides is 1. The molecule has 1 heterocycles. The lowest BCUT2D eigenvalue weighted by molar-refractivity contribution is -0.138. The number of carbonyl (C=O) groups excluding carboxylic acids is 2. The minimum Gasteiger partial charge on any atom is -0.480 e. The molecule has 1 rings (SSSR count). The zero-order valence-corrected chi connectivity index (χ0v) is 11.7. The standard InChI is InChI=1S/C12H22N4O4/c1-2-3-14-4-6-15(7-5-14)12(20)16(8-10(13)17)9-11(18)19/h2-9H2,1H3,(H2,13,17)(H,18,19). The van der Waals surface area contributed by atoms with Crippen molar-refractivity contribution in [3.63, 3.8) is 0 Å². The Morgan fingerprint density at radius 2 is 1.75 bits per heavy atom. The fourth-order valence-corrected chi connectivity index (χ4v) is 2.22. The van der Waals surface area contributed by atoms with E-state index in [4.69, 9.17) is 10.8 Å². The number of urea groups is 1. The summed E-state index contributed by atoms with van der Waals surface area (Å²) in [7, 11) is 0. The third kappa shape index (κ3) is 5.04. The van der Waals surface area contributed by atoms with Crippen molar-refractivity contribution < 1.29 is 19.5 Å². The number of amides is 3. The Hall–Kier alpha value is -1.83. The van der Waals surface area contributed by atoms with E-state index in [1.54, 1.807) is 4.90 Å². The zero-order chi connectivity index (χ0) is 15.1. The molecular weight excluding hydrogens is 264 g/mol. The quantitative estimate of drug-likeness (QED) is 0.651. The molecule has 0 aliphatic carbocycles. The molecule has 0 unspecified atom stereocenters. The van der Waals surface area contributed by atoms with E-state index in [2.05, 4.69) is 11.8 Å². The van der Waals surface area contributed by atoms with Gasteiger partial charge in [0.25, 0.3) is 0 Å². The third-order valence-corrected chi connectivity index (χ3v) is 3.13. The smallest absolute Gasteiger partial charge is 0.323 e. The number of carboxylic acids is 1. The highest BCUT2D eigenvalue weighted by Gasteiger charge is 2.27. The Balaban J connectivity index is 2.57. The highest BCUT2D eigenvalue weighted by atomic mass is 16.4. The van der Waals surface area contributed by atoms with Crippen LogP contribution in [-0.4, -0.2) is 83.5 Å². The zero-order valence-electron chi connectivity index (χ0n) is 11.7. The van der Waals surface area contributed by atoms with Crippen LogP contribution in [0.4, 0.5) is 4.79 Å². The molecular formula is C12H22N4O4. The molecule has 1 aliphatic heterocycles. The van der Waals surface area contributed by atoms with Crippen molar-refractivity contribution in [3.8, 4) is 0 Å². The molecule has 0 spiro atoms. The van der Waals surface area contributed by atoms with E-state index in [9.17, 15) is 14.4 Å². The second-order valence-electron chi connectivity index (χ2n) is 4.83. The first-order valence-corrected chi connectivity index (χ1v) is 6.70. The average Bonchev–Trinajstić information content (AvgIpc) is 2.37. The van der Waals surface area contributed by atoms with Gasteiger partial charge in [-0.3, -0.25) is 14.5 Å². The van der Waals surface area contributed by atoms with Gasteiger partial charge in [0, 0.05) is 26.2 Å². The predicted molar refractivity (Wildman–Crippen MR) is 72.1 cm³/mol. The monoisotopic (exact) mass is 286 g/mol. The summed E-state index contributed by atoms with van der Waals surface area (Å²) in [5.74, 6) is -1.88. The van der Waals surface area contributed by atoms with Crippen LogP contribution in [0.2, 0.25) is 0 Å². The minimum atomic E-state index is -1.16. The van der Waals surface area contributed by atoms with Gasteiger partial charge in [-0.25, -0.2) is 4.79 Å². The van der Waals surface area contributed by atoms with E-state index in [1.165, 1.54) is 0 Å². The van der Waals surface area contributed by atoms with E-state index in [1.807, 2.05) is 0 Å². The maximum Gasteiger partial charge on any atom is 0.323 e. The fraction of sp³-hybridized carbons (Fsp3) is 0.750. The number of carboxylic acid groups (broad SMARTS) is 1. The Kier molecular flexibility index (Phi) is 6.23. The highest BCUT2D eigenvalue weighted by Crippen LogP contribution is 2.06. The molecule has 0 saturated carbocycles. The SMILES string of the molecule is CCCN1CCN(C(=O)N(CC(N)=O)CC(=O)O)CC1. The molecule has 8 heteroatoms. The van der Waals surface area contributed by atoms with Gasteiger partial charge in [-0.05, 0) is 13.0 Å². The average molecular weight is 286 g/mol. The van der Waals surface area contributed by atoms with Crippen molar-refractivity contribution in [1.82, 2.24) is 14.7 Å². The predicted octanol–water partition coefficient (Wildman–Crippen LogP) is -0.994. The number of nitrogens with two attached hydrogens (primary N) is 1. The number of aliphatic carboxylic acids is 1. The van der Waals surface area contributed by atoms with Gasteiger partial charge in [0.2, 0.25) is 5.91 Å². The van der Waals surface area contributed by atoms with Gasteiger partial charge in [0.15, 0.2) is 0 Å². The summed E-state index contributed by atoms with van der Waals surface area (Å²) in [4.78, 5) is 38.7. The summed E-state index contributed by atoms with van der Waals surface area (Å²) in [6.07, 6.45) is 1.06. The number of rotatable bonds is 6. The first-order chi connectivity index (χ1) is 9.43. The number of nitrogens with zero attached hydrogens (tertiary/aromatic N) is 3. The Morgan fingerprint density at radius 3 is 2.20 bits per heavy atom. The minimum absolute atomic E-state index is 0.375. The molecule has 0 aromatic rings. The van der Waals surface area contributed by atoms with E-state index in [-0.39, 0.29) is 6.54 Å². The topological polar surface area (TPSA) is 107 Å². The van der Waals surface area contributed by atoms with Crippen LogP contribution in [-0.2, 0) is 9.59 Å². The first kappa shape index (κ1) is 16.2. The van der Waals surface area contributed by atoms with Crippen molar-refractivity contribution in [2.75, 3.05) is 45.8 Å². The van der Waals surface area contributed by atoms with E-state index < -0.39 is 24.5 Å². The lowest BCUT2D eigenvalue weighted by Gasteiger charge is -2.36. The molecule has 0 aromatic heterocycles. The maximum absolute atomic E-state index is 12.2. The van der Waals surface area contributed by atoms with Gasteiger partial charge in [-0.2, -0.15) is 0 Å². The summed E-state index contributed by atoms with van der Waals surface area (Å²) in [6, 6.07) is -0.442. The summed E-state index contributed by atoms with van der Waals surface area (Å²) >= 11 is 0. The third-order valence-electron chi connectivity index (χ3n) is 3.13. The molecule has 0 bridgehead atoms. The fourth-order valence-electron chi connectivity index (χ4n) is 2.22. The van der Waals surface area contributed by atoms with Crippen LogP contribution in [0.15, 0.2) is 0 Å². The molecule has 1 saturated heterocycles. The summed E-state index contributed by atoms with van der Waals surface area (Å²) < 4.78 is 0. The molecule has 8 nitrogen and oxygen atoms in total. The largest absolute Gasteiger partial charge is 0.480 e. The van der Waals surface area contributed by atoms with Crippen molar-refractivity contribution >= 4 is 17.9 Å². The first-order valence-electron chi connectivity index (χ1n) is 6.70. The van der Waals surface area contributed by atoms with Gasteiger partial charge in [-0.1, -0.05) is 6.92 Å². The van der Waals surface area contributed by atoms with Crippen LogP contribution in [0.1, 0.15) is 13.3 Å². The Bertz CT molecular complexity index is 350. The van der Waals surface area contributed by atoms with Crippen molar-refractivity contribution in [1.29, 1.82) is 0 Å². The molecule has 1 aliphatic rings. The lowest BCUT2D eigenvalue weighted by atomic mass is 10.3. The van der Waals surface area contributed by atoms with Crippen LogP contribution in [0, 0.1) is 0 Å². The van der Waals surface area contributed by atoms with E-state index in [0.29, 0.717) is 13.1 Å². The summed E-state index contributed by atoms with van der Waals surface area (Å²) in [5.41, 5.74) is 5.05. The number of hydrogen-bond donors (Lipinski definition) is 2. The molecule has 1 fully saturated rings. The lowest BCUT2D eigenvalue weighted by Crippen LogP contribution is -2.54. The molecule has 114 valence electrons. The van der Waals surface area contributed by atoms with Crippen molar-refractivity contribution in [2.24, 2.45) is 5.73 Å². The van der Waals surface area contributed by atoms with Gasteiger partial charge >= 0.3 is 12.0 Å². The Morgan fingerprint density at radius 1 is 1.15 bits per heavy atom. The number of carbonyl (C=O) groups is 3. The second-order valence-corrected chi connectivity index (χ2v) is 4.83. The molecule has 3 amide bonds. The van der Waals surface area contributed by atoms with Gasteiger partial charge in [0.05, 0.1) is 0 Å². The summed E-state index contributed by atoms with van der Waals surface area (Å²) in [5, 5.41) is 8.78. The van der Waals surface area contributed by atoms with Gasteiger partial charge < -0.3 is 20.6 Å². The van der Waals surface area contributed by atoms with Crippen LogP contribution < -0.4 is 5.73 Å². The van der Waals surface area contributed by atoms with Crippen LogP contribution in [0.5, 0.6) is 0 Å². The molecule has 0 aromatic carbocycles. The summed E-state index contributed by atoms with van der Waals surface area (Å²) in [6.45, 7) is 4.79. The van der Waals surface area contributed by atoms with E-state index >= 15 is 0 Å². The van der Waals surface area contributed by atoms with Crippen molar-refractivity contribution in [2.45, 2.75) is 13.3 Å².